The molecule has 7 heteroatoms. The van der Waals surface area contributed by atoms with Gasteiger partial charge in [0.05, 0.1) is 5.75 Å². The molecule has 0 bridgehead atoms. The molecule has 1 aromatic rings. The van der Waals surface area contributed by atoms with Crippen molar-refractivity contribution >= 4 is 21.7 Å². The van der Waals surface area contributed by atoms with Gasteiger partial charge in [0.25, 0.3) is 5.91 Å². The van der Waals surface area contributed by atoms with Crippen LogP contribution in [0.15, 0.2) is 18.2 Å². The number of rotatable bonds is 7. The predicted molar refractivity (Wildman–Crippen MR) is 83.8 cm³/mol. The second kappa shape index (κ2) is 7.40. The van der Waals surface area contributed by atoms with Crippen molar-refractivity contribution in [1.29, 1.82) is 0 Å². The fourth-order valence-corrected chi connectivity index (χ4v) is 2.71. The second-order valence-electron chi connectivity index (χ2n) is 5.19. The Balaban J connectivity index is 2.80. The van der Waals surface area contributed by atoms with Crippen LogP contribution in [0.25, 0.3) is 0 Å². The standard InChI is InChI=1S/C15H21NO5S/c1-4-22(20,21)8-7-13(15(18)19)16-14(17)12-6-5-10(2)11(3)9-12/h5-6,9,13H,4,7-8H2,1-3H3,(H,16,17)(H,18,19). The smallest absolute Gasteiger partial charge is 0.326 e. The summed E-state index contributed by atoms with van der Waals surface area (Å²) in [5, 5.41) is 11.5. The summed E-state index contributed by atoms with van der Waals surface area (Å²) in [6.45, 7) is 5.26. The van der Waals surface area contributed by atoms with Crippen molar-refractivity contribution in [2.75, 3.05) is 11.5 Å². The first-order valence-electron chi connectivity index (χ1n) is 6.97. The van der Waals surface area contributed by atoms with Crippen molar-refractivity contribution in [3.05, 3.63) is 34.9 Å². The van der Waals surface area contributed by atoms with Crippen molar-refractivity contribution in [1.82, 2.24) is 5.32 Å². The molecular weight excluding hydrogens is 306 g/mol. The molecule has 0 saturated heterocycles. The van der Waals surface area contributed by atoms with Gasteiger partial charge in [-0.25, -0.2) is 13.2 Å². The number of carbonyl (C=O) groups excluding carboxylic acids is 1. The van der Waals surface area contributed by atoms with E-state index in [0.29, 0.717) is 5.56 Å². The molecule has 2 N–H and O–H groups in total. The molecule has 1 amide bonds. The van der Waals surface area contributed by atoms with Gasteiger partial charge in [0.2, 0.25) is 0 Å². The minimum atomic E-state index is -3.28. The van der Waals surface area contributed by atoms with Gasteiger partial charge in [0, 0.05) is 11.3 Å². The van der Waals surface area contributed by atoms with Crippen molar-refractivity contribution < 1.29 is 23.1 Å². The van der Waals surface area contributed by atoms with Crippen LogP contribution in [-0.4, -0.2) is 42.9 Å². The number of hydrogen-bond acceptors (Lipinski definition) is 4. The molecule has 0 aromatic heterocycles. The Morgan fingerprint density at radius 2 is 1.86 bits per heavy atom. The third-order valence-electron chi connectivity index (χ3n) is 3.53. The van der Waals surface area contributed by atoms with E-state index in [9.17, 15) is 18.0 Å². The summed E-state index contributed by atoms with van der Waals surface area (Å²) in [6.07, 6.45) is -0.151. The molecule has 0 saturated carbocycles. The van der Waals surface area contributed by atoms with E-state index in [1.807, 2.05) is 13.8 Å². The van der Waals surface area contributed by atoms with Crippen LogP contribution in [-0.2, 0) is 14.6 Å². The first-order chi connectivity index (χ1) is 10.2. The lowest BCUT2D eigenvalue weighted by Gasteiger charge is -2.15. The maximum Gasteiger partial charge on any atom is 0.326 e. The van der Waals surface area contributed by atoms with E-state index in [1.54, 1.807) is 18.2 Å². The Hall–Kier alpha value is -1.89. The van der Waals surface area contributed by atoms with Gasteiger partial charge in [-0.2, -0.15) is 0 Å². The third kappa shape index (κ3) is 5.14. The normalized spacial score (nSPS) is 12.7. The lowest BCUT2D eigenvalue weighted by Crippen LogP contribution is -2.42. The molecule has 1 aromatic carbocycles. The highest BCUT2D eigenvalue weighted by atomic mass is 32.2. The van der Waals surface area contributed by atoms with E-state index >= 15 is 0 Å². The molecular formula is C15H21NO5S. The van der Waals surface area contributed by atoms with E-state index in [2.05, 4.69) is 5.32 Å². The number of amides is 1. The second-order valence-corrected chi connectivity index (χ2v) is 7.66. The van der Waals surface area contributed by atoms with E-state index in [0.717, 1.165) is 11.1 Å². The number of carboxylic acid groups (broad SMARTS) is 1. The predicted octanol–water partition coefficient (Wildman–Crippen LogP) is 1.31. The number of carbonyl (C=O) groups is 2. The number of aryl methyl sites for hydroxylation is 2. The number of carboxylic acids is 1. The number of aliphatic carboxylic acids is 1. The van der Waals surface area contributed by atoms with E-state index in [4.69, 9.17) is 5.11 Å². The summed E-state index contributed by atoms with van der Waals surface area (Å²) in [4.78, 5) is 23.3. The summed E-state index contributed by atoms with van der Waals surface area (Å²) < 4.78 is 22.9. The van der Waals surface area contributed by atoms with Gasteiger partial charge in [-0.1, -0.05) is 13.0 Å². The van der Waals surface area contributed by atoms with Gasteiger partial charge >= 0.3 is 5.97 Å². The lowest BCUT2D eigenvalue weighted by molar-refractivity contribution is -0.139. The summed E-state index contributed by atoms with van der Waals surface area (Å²) in [5.41, 5.74) is 2.31. The number of benzene rings is 1. The first kappa shape index (κ1) is 18.2. The van der Waals surface area contributed by atoms with E-state index in [1.165, 1.54) is 6.92 Å². The molecule has 0 aliphatic carbocycles. The largest absolute Gasteiger partial charge is 0.480 e. The van der Waals surface area contributed by atoms with E-state index < -0.39 is 27.8 Å². The molecule has 0 radical (unpaired) electrons. The Morgan fingerprint density at radius 3 is 2.36 bits per heavy atom. The van der Waals surface area contributed by atoms with Crippen LogP contribution < -0.4 is 5.32 Å². The van der Waals surface area contributed by atoms with Crippen LogP contribution in [0, 0.1) is 13.8 Å². The lowest BCUT2D eigenvalue weighted by atomic mass is 10.1. The fourth-order valence-electron chi connectivity index (χ4n) is 1.82. The highest BCUT2D eigenvalue weighted by molar-refractivity contribution is 7.91. The maximum absolute atomic E-state index is 12.1. The highest BCUT2D eigenvalue weighted by Crippen LogP contribution is 2.10. The number of hydrogen-bond donors (Lipinski definition) is 2. The van der Waals surface area contributed by atoms with Crippen LogP contribution >= 0.6 is 0 Å². The third-order valence-corrected chi connectivity index (χ3v) is 5.27. The van der Waals surface area contributed by atoms with E-state index in [-0.39, 0.29) is 17.9 Å². The van der Waals surface area contributed by atoms with Gasteiger partial charge in [-0.3, -0.25) is 4.79 Å². The monoisotopic (exact) mass is 327 g/mol. The molecule has 1 unspecified atom stereocenters. The zero-order valence-electron chi connectivity index (χ0n) is 12.9. The molecule has 1 rings (SSSR count). The minimum Gasteiger partial charge on any atom is -0.480 e. The molecule has 22 heavy (non-hydrogen) atoms. The van der Waals surface area contributed by atoms with Crippen molar-refractivity contribution in [3.63, 3.8) is 0 Å². The molecule has 0 aliphatic rings. The zero-order valence-corrected chi connectivity index (χ0v) is 13.7. The quantitative estimate of drug-likeness (QED) is 0.786. The molecule has 0 aliphatic heterocycles. The first-order valence-corrected chi connectivity index (χ1v) is 8.79. The van der Waals surface area contributed by atoms with Gasteiger partial charge in [-0.05, 0) is 43.5 Å². The van der Waals surface area contributed by atoms with Gasteiger partial charge < -0.3 is 10.4 Å². The maximum atomic E-state index is 12.1. The molecule has 0 spiro atoms. The van der Waals surface area contributed by atoms with Crippen LogP contribution in [0.4, 0.5) is 0 Å². The van der Waals surface area contributed by atoms with Crippen LogP contribution in [0.5, 0.6) is 0 Å². The van der Waals surface area contributed by atoms with Crippen LogP contribution in [0.1, 0.15) is 34.8 Å². The average molecular weight is 327 g/mol. The van der Waals surface area contributed by atoms with Crippen molar-refractivity contribution in [2.24, 2.45) is 0 Å². The Kier molecular flexibility index (Phi) is 6.11. The SMILES string of the molecule is CCS(=O)(=O)CCC(NC(=O)c1ccc(C)c(C)c1)C(=O)O. The Labute approximate surface area is 130 Å². The molecule has 0 fully saturated rings. The van der Waals surface area contributed by atoms with Crippen molar-refractivity contribution in [3.8, 4) is 0 Å². The van der Waals surface area contributed by atoms with Gasteiger partial charge in [-0.15, -0.1) is 0 Å². The molecule has 1 atom stereocenters. The number of sulfone groups is 1. The highest BCUT2D eigenvalue weighted by Gasteiger charge is 2.23. The summed E-state index contributed by atoms with van der Waals surface area (Å²) in [5.74, 6) is -2.09. The zero-order chi connectivity index (χ0) is 16.9. The molecule has 0 heterocycles. The van der Waals surface area contributed by atoms with Gasteiger partial charge in [0.15, 0.2) is 0 Å². The Bertz CT molecular complexity index is 667. The van der Waals surface area contributed by atoms with Gasteiger partial charge in [0.1, 0.15) is 15.9 Å². The summed E-state index contributed by atoms with van der Waals surface area (Å²) in [6, 6.07) is 3.84. The minimum absolute atomic E-state index is 0.0511. The summed E-state index contributed by atoms with van der Waals surface area (Å²) >= 11 is 0. The summed E-state index contributed by atoms with van der Waals surface area (Å²) in [7, 11) is -3.28. The molecule has 6 nitrogen and oxygen atoms in total. The number of nitrogens with one attached hydrogen (secondary N) is 1. The van der Waals surface area contributed by atoms with Crippen LogP contribution in [0.2, 0.25) is 0 Å². The topological polar surface area (TPSA) is 101 Å². The molecule has 122 valence electrons. The average Bonchev–Trinajstić information content (AvgIpc) is 2.45. The fraction of sp³-hybridized carbons (Fsp3) is 0.467. The van der Waals surface area contributed by atoms with Crippen molar-refractivity contribution in [2.45, 2.75) is 33.2 Å². The Morgan fingerprint density at radius 1 is 1.23 bits per heavy atom. The van der Waals surface area contributed by atoms with Crippen LogP contribution in [0.3, 0.4) is 0 Å².